The zero-order valence-corrected chi connectivity index (χ0v) is 14.9. The summed E-state index contributed by atoms with van der Waals surface area (Å²) in [6.07, 6.45) is 3.09. The maximum atomic E-state index is 12.8. The highest BCUT2D eigenvalue weighted by Gasteiger charge is 2.47. The molecule has 4 heterocycles. The van der Waals surface area contributed by atoms with Crippen LogP contribution in [0.1, 0.15) is 27.6 Å². The highest BCUT2D eigenvalue weighted by molar-refractivity contribution is 5.93. The van der Waals surface area contributed by atoms with Gasteiger partial charge in [0.05, 0.1) is 30.0 Å². The fraction of sp³-hybridized carbons (Fsp3) is 0.421. The number of likely N-dealkylation sites (tertiary alicyclic amines) is 2. The van der Waals surface area contributed by atoms with Crippen LogP contribution in [0.3, 0.4) is 0 Å². The van der Waals surface area contributed by atoms with E-state index in [-0.39, 0.29) is 23.7 Å². The summed E-state index contributed by atoms with van der Waals surface area (Å²) in [5, 5.41) is 0. The fourth-order valence-corrected chi connectivity index (χ4v) is 3.80. The molecule has 7 nitrogen and oxygen atoms in total. The van der Waals surface area contributed by atoms with Crippen LogP contribution in [0.5, 0.6) is 0 Å². The second-order valence-electron chi connectivity index (χ2n) is 7.11. The Labute approximate surface area is 152 Å². The van der Waals surface area contributed by atoms with E-state index < -0.39 is 0 Å². The Kier molecular flexibility index (Phi) is 4.14. The van der Waals surface area contributed by atoms with Crippen molar-refractivity contribution in [2.75, 3.05) is 19.6 Å². The molecule has 2 atom stereocenters. The molecule has 0 aromatic carbocycles. The quantitative estimate of drug-likeness (QED) is 0.831. The molecule has 0 spiro atoms. The number of carbonyl (C=O) groups is 2. The molecule has 0 N–H and O–H groups in total. The molecule has 2 aliphatic rings. The molecule has 2 aromatic rings. The van der Waals surface area contributed by atoms with Crippen LogP contribution in [0, 0.1) is 25.7 Å². The van der Waals surface area contributed by atoms with E-state index in [1.807, 2.05) is 36.9 Å². The largest absolute Gasteiger partial charge is 0.336 e. The molecule has 0 radical (unpaired) electrons. The molecule has 26 heavy (non-hydrogen) atoms. The first kappa shape index (κ1) is 16.6. The van der Waals surface area contributed by atoms with Crippen molar-refractivity contribution in [2.24, 2.45) is 11.8 Å². The van der Waals surface area contributed by atoms with Gasteiger partial charge in [0, 0.05) is 37.4 Å². The number of hydrogen-bond acceptors (Lipinski definition) is 5. The second kappa shape index (κ2) is 6.48. The number of carbonyl (C=O) groups excluding carboxylic acids is 2. The smallest absolute Gasteiger partial charge is 0.274 e. The van der Waals surface area contributed by atoms with Gasteiger partial charge in [-0.15, -0.1) is 0 Å². The molecular formula is C19H21N5O2. The van der Waals surface area contributed by atoms with Crippen molar-refractivity contribution in [2.45, 2.75) is 20.4 Å². The van der Waals surface area contributed by atoms with Crippen molar-refractivity contribution >= 4 is 11.8 Å². The summed E-state index contributed by atoms with van der Waals surface area (Å²) >= 11 is 0. The van der Waals surface area contributed by atoms with E-state index >= 15 is 0 Å². The maximum Gasteiger partial charge on any atom is 0.274 e. The van der Waals surface area contributed by atoms with Crippen LogP contribution in [0.2, 0.25) is 0 Å². The third kappa shape index (κ3) is 3.05. The molecule has 7 heteroatoms. The summed E-state index contributed by atoms with van der Waals surface area (Å²) in [4.78, 5) is 41.7. The molecule has 0 unspecified atom stereocenters. The van der Waals surface area contributed by atoms with E-state index in [1.54, 1.807) is 11.1 Å². The molecule has 0 aliphatic carbocycles. The monoisotopic (exact) mass is 351 g/mol. The first-order valence-corrected chi connectivity index (χ1v) is 8.80. The minimum absolute atomic E-state index is 0.114. The normalized spacial score (nSPS) is 22.0. The Balaban J connectivity index is 1.41. The van der Waals surface area contributed by atoms with Gasteiger partial charge in [0.15, 0.2) is 0 Å². The first-order chi connectivity index (χ1) is 12.5. The van der Waals surface area contributed by atoms with E-state index in [0.717, 1.165) is 17.1 Å². The molecule has 2 aliphatic heterocycles. The summed E-state index contributed by atoms with van der Waals surface area (Å²) in [6.45, 7) is 6.02. The van der Waals surface area contributed by atoms with Gasteiger partial charge in [0.25, 0.3) is 5.91 Å². The standard InChI is InChI=1S/C19H21N5O2/c1-12-4-3-5-15(22-12)10-23-8-14-9-24(11-16(14)18(23)25)19(26)17-7-20-13(2)6-21-17/h3-7,14,16H,8-11H2,1-2H3/t14-,16-/m1/s1. The van der Waals surface area contributed by atoms with Gasteiger partial charge in [-0.2, -0.15) is 0 Å². The van der Waals surface area contributed by atoms with Crippen molar-refractivity contribution in [3.05, 3.63) is 53.4 Å². The van der Waals surface area contributed by atoms with Crippen LogP contribution < -0.4 is 0 Å². The van der Waals surface area contributed by atoms with E-state index in [4.69, 9.17) is 0 Å². The number of hydrogen-bond donors (Lipinski definition) is 0. The Morgan fingerprint density at radius 1 is 1.12 bits per heavy atom. The van der Waals surface area contributed by atoms with Crippen LogP contribution in [0.25, 0.3) is 0 Å². The van der Waals surface area contributed by atoms with Crippen LogP contribution in [0.4, 0.5) is 0 Å². The van der Waals surface area contributed by atoms with Gasteiger partial charge in [0.1, 0.15) is 5.69 Å². The average molecular weight is 351 g/mol. The number of amides is 2. The number of pyridine rings is 1. The van der Waals surface area contributed by atoms with Crippen LogP contribution in [0.15, 0.2) is 30.6 Å². The highest BCUT2D eigenvalue weighted by atomic mass is 16.2. The SMILES string of the molecule is Cc1cnc(C(=O)N2C[C@H]3CN(Cc4cccc(C)n4)C(=O)[C@@H]3C2)cn1. The summed E-state index contributed by atoms with van der Waals surface area (Å²) in [5.74, 6) is 0.0204. The molecule has 2 saturated heterocycles. The number of nitrogens with zero attached hydrogens (tertiary/aromatic N) is 5. The third-order valence-electron chi connectivity index (χ3n) is 5.11. The van der Waals surface area contributed by atoms with Gasteiger partial charge >= 0.3 is 0 Å². The molecule has 0 bridgehead atoms. The molecule has 2 fully saturated rings. The number of aromatic nitrogens is 3. The topological polar surface area (TPSA) is 79.3 Å². The Morgan fingerprint density at radius 2 is 1.96 bits per heavy atom. The molecule has 134 valence electrons. The fourth-order valence-electron chi connectivity index (χ4n) is 3.80. The zero-order valence-electron chi connectivity index (χ0n) is 14.9. The minimum Gasteiger partial charge on any atom is -0.336 e. The van der Waals surface area contributed by atoms with Crippen LogP contribution in [-0.4, -0.2) is 56.2 Å². The van der Waals surface area contributed by atoms with E-state index in [9.17, 15) is 9.59 Å². The van der Waals surface area contributed by atoms with Gasteiger partial charge in [-0.1, -0.05) is 6.07 Å². The Hall–Kier alpha value is -2.83. The van der Waals surface area contributed by atoms with Crippen molar-refractivity contribution in [1.82, 2.24) is 24.8 Å². The number of rotatable bonds is 3. The van der Waals surface area contributed by atoms with Gasteiger partial charge in [0.2, 0.25) is 5.91 Å². The second-order valence-corrected chi connectivity index (χ2v) is 7.11. The lowest BCUT2D eigenvalue weighted by Gasteiger charge is -2.21. The summed E-state index contributed by atoms with van der Waals surface area (Å²) in [5.41, 5.74) is 2.96. The lowest BCUT2D eigenvalue weighted by Crippen LogP contribution is -2.36. The van der Waals surface area contributed by atoms with Crippen molar-refractivity contribution in [3.8, 4) is 0 Å². The van der Waals surface area contributed by atoms with Gasteiger partial charge < -0.3 is 9.80 Å². The van der Waals surface area contributed by atoms with Gasteiger partial charge in [-0.05, 0) is 26.0 Å². The molecular weight excluding hydrogens is 330 g/mol. The van der Waals surface area contributed by atoms with Crippen molar-refractivity contribution in [1.29, 1.82) is 0 Å². The van der Waals surface area contributed by atoms with Crippen molar-refractivity contribution < 1.29 is 9.59 Å². The summed E-state index contributed by atoms with van der Waals surface area (Å²) < 4.78 is 0. The number of aryl methyl sites for hydroxylation is 2. The highest BCUT2D eigenvalue weighted by Crippen LogP contribution is 2.33. The van der Waals surface area contributed by atoms with Gasteiger partial charge in [-0.25, -0.2) is 4.98 Å². The average Bonchev–Trinajstić information content (AvgIpc) is 3.15. The van der Waals surface area contributed by atoms with Crippen LogP contribution >= 0.6 is 0 Å². The van der Waals surface area contributed by atoms with E-state index in [2.05, 4.69) is 15.0 Å². The Bertz CT molecular complexity index is 851. The lowest BCUT2D eigenvalue weighted by atomic mass is 10.0. The van der Waals surface area contributed by atoms with Crippen LogP contribution in [-0.2, 0) is 11.3 Å². The first-order valence-electron chi connectivity index (χ1n) is 8.80. The molecule has 0 saturated carbocycles. The predicted molar refractivity (Wildman–Crippen MR) is 94.0 cm³/mol. The molecule has 4 rings (SSSR count). The summed E-state index contributed by atoms with van der Waals surface area (Å²) in [7, 11) is 0. The predicted octanol–water partition coefficient (Wildman–Crippen LogP) is 1.22. The van der Waals surface area contributed by atoms with E-state index in [0.29, 0.717) is 31.9 Å². The Morgan fingerprint density at radius 3 is 2.65 bits per heavy atom. The van der Waals surface area contributed by atoms with Gasteiger partial charge in [-0.3, -0.25) is 19.6 Å². The summed E-state index contributed by atoms with van der Waals surface area (Å²) in [6, 6.07) is 5.85. The van der Waals surface area contributed by atoms with Crippen molar-refractivity contribution in [3.63, 3.8) is 0 Å². The number of fused-ring (bicyclic) bond motifs is 1. The molecule has 2 amide bonds. The van der Waals surface area contributed by atoms with E-state index in [1.165, 1.54) is 6.20 Å². The molecule has 2 aromatic heterocycles. The third-order valence-corrected chi connectivity index (χ3v) is 5.11. The lowest BCUT2D eigenvalue weighted by molar-refractivity contribution is -0.131. The maximum absolute atomic E-state index is 12.8. The zero-order chi connectivity index (χ0) is 18.3. The minimum atomic E-state index is -0.147.